The van der Waals surface area contributed by atoms with Gasteiger partial charge < -0.3 is 9.73 Å². The highest BCUT2D eigenvalue weighted by Gasteiger charge is 2.43. The molecule has 0 saturated carbocycles. The second-order valence-corrected chi connectivity index (χ2v) is 8.27. The number of para-hydroxylation sites is 2. The molecular weight excluding hydrogens is 384 g/mol. The molecule has 7 nitrogen and oxygen atoms in total. The Labute approximate surface area is 163 Å². The van der Waals surface area contributed by atoms with Crippen molar-refractivity contribution >= 4 is 46.3 Å². The molecule has 0 fully saturated rings. The molecule has 9 heteroatoms. The van der Waals surface area contributed by atoms with E-state index in [0.717, 1.165) is 16.6 Å². The molecule has 0 aliphatic carbocycles. The molecule has 1 aliphatic rings. The smallest absolute Gasteiger partial charge is 0.277 e. The van der Waals surface area contributed by atoms with Gasteiger partial charge in [0.2, 0.25) is 11.8 Å². The molecule has 0 bridgehead atoms. The summed E-state index contributed by atoms with van der Waals surface area (Å²) in [5, 5.41) is 13.1. The minimum Gasteiger partial charge on any atom is -0.410 e. The Morgan fingerprint density at radius 2 is 2.07 bits per heavy atom. The number of thiophene rings is 1. The number of aromatic nitrogens is 2. The fraction of sp³-hybridized carbons (Fsp3) is 0.222. The van der Waals surface area contributed by atoms with Crippen LogP contribution in [0.4, 0.5) is 11.4 Å². The second-order valence-electron chi connectivity index (χ2n) is 6.40. The summed E-state index contributed by atoms with van der Waals surface area (Å²) >= 11 is 2.66. The van der Waals surface area contributed by atoms with Crippen molar-refractivity contribution in [3.8, 4) is 10.8 Å². The van der Waals surface area contributed by atoms with E-state index in [2.05, 4.69) is 15.5 Å². The van der Waals surface area contributed by atoms with Crippen molar-refractivity contribution in [3.05, 3.63) is 41.8 Å². The quantitative estimate of drug-likeness (QED) is 0.673. The van der Waals surface area contributed by atoms with Gasteiger partial charge in [-0.25, -0.2) is 0 Å². The Morgan fingerprint density at radius 1 is 1.26 bits per heavy atom. The summed E-state index contributed by atoms with van der Waals surface area (Å²) in [4.78, 5) is 27.8. The fourth-order valence-corrected chi connectivity index (χ4v) is 4.11. The lowest BCUT2D eigenvalue weighted by Crippen LogP contribution is -2.58. The van der Waals surface area contributed by atoms with E-state index in [9.17, 15) is 9.59 Å². The summed E-state index contributed by atoms with van der Waals surface area (Å²) in [7, 11) is 0. The molecule has 3 aromatic rings. The van der Waals surface area contributed by atoms with Gasteiger partial charge >= 0.3 is 0 Å². The van der Waals surface area contributed by atoms with Crippen molar-refractivity contribution in [1.29, 1.82) is 0 Å². The van der Waals surface area contributed by atoms with Crippen LogP contribution in [0.15, 0.2) is 51.4 Å². The minimum atomic E-state index is -0.997. The third-order valence-corrected chi connectivity index (χ3v) is 5.88. The number of rotatable bonds is 4. The van der Waals surface area contributed by atoms with Gasteiger partial charge in [0.05, 0.1) is 22.0 Å². The summed E-state index contributed by atoms with van der Waals surface area (Å²) in [5.74, 6) is 0.0837. The number of hydrogen-bond donors (Lipinski definition) is 1. The van der Waals surface area contributed by atoms with E-state index in [1.165, 1.54) is 16.2 Å². The van der Waals surface area contributed by atoms with Gasteiger partial charge in [-0.15, -0.1) is 21.5 Å². The maximum atomic E-state index is 13.0. The van der Waals surface area contributed by atoms with Crippen LogP contribution in [0.5, 0.6) is 0 Å². The molecule has 2 amide bonds. The van der Waals surface area contributed by atoms with Crippen molar-refractivity contribution < 1.29 is 14.0 Å². The Balaban J connectivity index is 1.53. The van der Waals surface area contributed by atoms with Gasteiger partial charge in [-0.2, -0.15) is 0 Å². The molecule has 0 spiro atoms. The van der Waals surface area contributed by atoms with Crippen LogP contribution in [-0.4, -0.2) is 33.3 Å². The molecule has 0 unspecified atom stereocenters. The molecule has 2 aromatic heterocycles. The molecule has 4 rings (SSSR count). The normalized spacial score (nSPS) is 15.3. The fourth-order valence-electron chi connectivity index (χ4n) is 2.85. The maximum absolute atomic E-state index is 13.0. The first-order chi connectivity index (χ1) is 13.0. The summed E-state index contributed by atoms with van der Waals surface area (Å²) in [6.07, 6.45) is 0. The van der Waals surface area contributed by atoms with E-state index in [4.69, 9.17) is 4.42 Å². The molecule has 1 N–H and O–H groups in total. The van der Waals surface area contributed by atoms with Crippen molar-refractivity contribution in [2.24, 2.45) is 0 Å². The molecule has 0 radical (unpaired) electrons. The van der Waals surface area contributed by atoms with Crippen LogP contribution in [0, 0.1) is 0 Å². The summed E-state index contributed by atoms with van der Waals surface area (Å²) in [6.45, 7) is 3.45. The van der Waals surface area contributed by atoms with Crippen molar-refractivity contribution in [2.75, 3.05) is 16.0 Å². The standard InChI is InChI=1S/C18H16N4O3S2/c1-18(2)16(24)19-11-6-3-4-7-12(11)22(18)14(23)10-27-17-21-20-15(25-17)13-8-5-9-26-13/h3-9H,10H2,1-2H3,(H,19,24). The lowest BCUT2D eigenvalue weighted by molar-refractivity contribution is -0.125. The minimum absolute atomic E-state index is 0.0805. The van der Waals surface area contributed by atoms with E-state index in [-0.39, 0.29) is 17.6 Å². The van der Waals surface area contributed by atoms with Gasteiger partial charge in [0.15, 0.2) is 0 Å². The average Bonchev–Trinajstić information content (AvgIpc) is 3.32. The van der Waals surface area contributed by atoms with Crippen LogP contribution < -0.4 is 10.2 Å². The van der Waals surface area contributed by atoms with Gasteiger partial charge in [0.25, 0.3) is 11.1 Å². The highest BCUT2D eigenvalue weighted by molar-refractivity contribution is 7.99. The van der Waals surface area contributed by atoms with Crippen LogP contribution in [-0.2, 0) is 9.59 Å². The molecule has 27 heavy (non-hydrogen) atoms. The number of carbonyl (C=O) groups is 2. The molecule has 138 valence electrons. The Morgan fingerprint density at radius 3 is 2.85 bits per heavy atom. The van der Waals surface area contributed by atoms with E-state index >= 15 is 0 Å². The largest absolute Gasteiger partial charge is 0.410 e. The van der Waals surface area contributed by atoms with Crippen LogP contribution in [0.1, 0.15) is 13.8 Å². The average molecular weight is 400 g/mol. The van der Waals surface area contributed by atoms with Gasteiger partial charge in [0.1, 0.15) is 5.54 Å². The molecule has 1 aliphatic heterocycles. The van der Waals surface area contributed by atoms with Crippen LogP contribution >= 0.6 is 23.1 Å². The van der Waals surface area contributed by atoms with Crippen molar-refractivity contribution in [2.45, 2.75) is 24.6 Å². The lowest BCUT2D eigenvalue weighted by Gasteiger charge is -2.42. The Kier molecular flexibility index (Phi) is 4.48. The van der Waals surface area contributed by atoms with E-state index < -0.39 is 5.54 Å². The first-order valence-corrected chi connectivity index (χ1v) is 10.1. The predicted octanol–water partition coefficient (Wildman–Crippen LogP) is 3.65. The number of hydrogen-bond acceptors (Lipinski definition) is 7. The highest BCUT2D eigenvalue weighted by atomic mass is 32.2. The third kappa shape index (κ3) is 3.24. The highest BCUT2D eigenvalue weighted by Crippen LogP contribution is 2.37. The number of nitrogens with zero attached hydrogens (tertiary/aromatic N) is 3. The molecule has 0 atom stereocenters. The van der Waals surface area contributed by atoms with Gasteiger partial charge in [-0.05, 0) is 37.4 Å². The van der Waals surface area contributed by atoms with Crippen molar-refractivity contribution in [1.82, 2.24) is 10.2 Å². The first-order valence-electron chi connectivity index (χ1n) is 8.20. The number of anilines is 2. The van der Waals surface area contributed by atoms with Crippen molar-refractivity contribution in [3.63, 3.8) is 0 Å². The van der Waals surface area contributed by atoms with Crippen LogP contribution in [0.2, 0.25) is 0 Å². The zero-order valence-corrected chi connectivity index (χ0v) is 16.3. The lowest BCUT2D eigenvalue weighted by atomic mass is 9.96. The summed E-state index contributed by atoms with van der Waals surface area (Å²) in [5.41, 5.74) is 0.304. The van der Waals surface area contributed by atoms with E-state index in [1.807, 2.05) is 35.7 Å². The topological polar surface area (TPSA) is 88.3 Å². The Hall–Kier alpha value is -2.65. The van der Waals surface area contributed by atoms with Gasteiger partial charge in [-0.3, -0.25) is 14.5 Å². The first kappa shape index (κ1) is 17.7. The van der Waals surface area contributed by atoms with Crippen LogP contribution in [0.25, 0.3) is 10.8 Å². The van der Waals surface area contributed by atoms with Gasteiger partial charge in [0, 0.05) is 0 Å². The van der Waals surface area contributed by atoms with Gasteiger partial charge in [-0.1, -0.05) is 30.0 Å². The molecular formula is C18H16N4O3S2. The molecule has 0 saturated heterocycles. The zero-order chi connectivity index (χ0) is 19.0. The number of amides is 2. The van der Waals surface area contributed by atoms with E-state index in [0.29, 0.717) is 22.5 Å². The molecule has 1 aromatic carbocycles. The number of carbonyl (C=O) groups excluding carboxylic acids is 2. The monoisotopic (exact) mass is 400 g/mol. The number of benzene rings is 1. The van der Waals surface area contributed by atoms with Crippen LogP contribution in [0.3, 0.4) is 0 Å². The molecule has 3 heterocycles. The summed E-state index contributed by atoms with van der Waals surface area (Å²) in [6, 6.07) is 11.1. The Bertz CT molecular complexity index is 998. The predicted molar refractivity (Wildman–Crippen MR) is 105 cm³/mol. The number of fused-ring (bicyclic) bond motifs is 1. The second kappa shape index (κ2) is 6.82. The maximum Gasteiger partial charge on any atom is 0.277 e. The SMILES string of the molecule is CC1(C)C(=O)Nc2ccccc2N1C(=O)CSc1nnc(-c2cccs2)o1. The third-order valence-electron chi connectivity index (χ3n) is 4.21. The zero-order valence-electron chi connectivity index (χ0n) is 14.6. The number of thioether (sulfide) groups is 1. The number of nitrogens with one attached hydrogen (secondary N) is 1. The van der Waals surface area contributed by atoms with E-state index in [1.54, 1.807) is 19.9 Å². The summed E-state index contributed by atoms with van der Waals surface area (Å²) < 4.78 is 5.61.